The van der Waals surface area contributed by atoms with Crippen LogP contribution in [0.2, 0.25) is 5.02 Å². The fourth-order valence-electron chi connectivity index (χ4n) is 1.57. The van der Waals surface area contributed by atoms with Crippen LogP contribution in [0.4, 0.5) is 13.2 Å². The molecule has 106 valence electrons. The van der Waals surface area contributed by atoms with Gasteiger partial charge in [0.25, 0.3) is 0 Å². The molecule has 0 saturated carbocycles. The van der Waals surface area contributed by atoms with E-state index >= 15 is 0 Å². The van der Waals surface area contributed by atoms with E-state index in [4.69, 9.17) is 11.6 Å². The first-order valence-electron chi connectivity index (χ1n) is 5.45. The van der Waals surface area contributed by atoms with Crippen molar-refractivity contribution < 1.29 is 13.2 Å². The van der Waals surface area contributed by atoms with Crippen molar-refractivity contribution in [1.29, 1.82) is 0 Å². The third-order valence-electron chi connectivity index (χ3n) is 2.47. The number of halogens is 4. The third-order valence-corrected chi connectivity index (χ3v) is 2.72. The van der Waals surface area contributed by atoms with E-state index in [9.17, 15) is 18.0 Å². The van der Waals surface area contributed by atoms with Crippen molar-refractivity contribution in [3.05, 3.63) is 45.8 Å². The van der Waals surface area contributed by atoms with Gasteiger partial charge in [0.15, 0.2) is 5.82 Å². The van der Waals surface area contributed by atoms with Gasteiger partial charge in [0.05, 0.1) is 0 Å². The van der Waals surface area contributed by atoms with Gasteiger partial charge in [-0.1, -0.05) is 11.6 Å². The van der Waals surface area contributed by atoms with E-state index in [0.717, 1.165) is 9.25 Å². The van der Waals surface area contributed by atoms with Gasteiger partial charge in [-0.3, -0.25) is 0 Å². The average Bonchev–Trinajstić information content (AvgIpc) is 2.63. The first-order valence-corrected chi connectivity index (χ1v) is 5.83. The van der Waals surface area contributed by atoms with Crippen LogP contribution in [-0.4, -0.2) is 20.5 Å². The number of aryl methyl sites for hydroxylation is 1. The van der Waals surface area contributed by atoms with Crippen LogP contribution in [0.3, 0.4) is 0 Å². The first kappa shape index (κ1) is 14.4. The summed E-state index contributed by atoms with van der Waals surface area (Å²) in [6.45, 7) is 0. The molecular formula is C12H9ClF3N3O. The zero-order chi connectivity index (χ0) is 14.9. The molecule has 0 atom stereocenters. The summed E-state index contributed by atoms with van der Waals surface area (Å²) in [6.07, 6.45) is -3.87. The third kappa shape index (κ3) is 3.11. The summed E-state index contributed by atoms with van der Waals surface area (Å²) in [5.74, 6) is 0.106. The molecule has 0 aliphatic carbocycles. The van der Waals surface area contributed by atoms with Gasteiger partial charge >= 0.3 is 11.9 Å². The predicted octanol–water partition coefficient (Wildman–Crippen LogP) is 2.94. The van der Waals surface area contributed by atoms with Crippen LogP contribution >= 0.6 is 11.6 Å². The van der Waals surface area contributed by atoms with E-state index in [2.05, 4.69) is 5.10 Å². The summed E-state index contributed by atoms with van der Waals surface area (Å²) in [5.41, 5.74) is -0.186. The summed E-state index contributed by atoms with van der Waals surface area (Å²) < 4.78 is 38.5. The van der Waals surface area contributed by atoms with Crippen molar-refractivity contribution in [1.82, 2.24) is 14.3 Å². The minimum absolute atomic E-state index is 0.0184. The Morgan fingerprint density at radius 1 is 1.25 bits per heavy atom. The molecule has 4 nitrogen and oxygen atoms in total. The lowest BCUT2D eigenvalue weighted by Gasteiger charge is -2.02. The van der Waals surface area contributed by atoms with Crippen LogP contribution in [0.1, 0.15) is 0 Å². The quantitative estimate of drug-likeness (QED) is 0.856. The SMILES string of the molecule is Cn1nc(-c2ccc(Cl)cc2)n(/C=C/C(F)(F)F)c1=O. The van der Waals surface area contributed by atoms with Gasteiger partial charge in [-0.15, -0.1) is 5.10 Å². The molecule has 2 rings (SSSR count). The highest BCUT2D eigenvalue weighted by Crippen LogP contribution is 2.20. The van der Waals surface area contributed by atoms with Crippen LogP contribution < -0.4 is 5.69 Å². The summed E-state index contributed by atoms with van der Waals surface area (Å²) in [6, 6.07) is 6.27. The largest absolute Gasteiger partial charge is 0.411 e. The predicted molar refractivity (Wildman–Crippen MR) is 69.3 cm³/mol. The molecule has 0 spiro atoms. The number of hydrogen-bond donors (Lipinski definition) is 0. The number of benzene rings is 1. The Hall–Kier alpha value is -2.02. The first-order chi connectivity index (χ1) is 9.28. The monoisotopic (exact) mass is 303 g/mol. The zero-order valence-electron chi connectivity index (χ0n) is 10.2. The van der Waals surface area contributed by atoms with Gasteiger partial charge < -0.3 is 0 Å². The highest BCUT2D eigenvalue weighted by Gasteiger charge is 2.23. The fourth-order valence-corrected chi connectivity index (χ4v) is 1.69. The maximum Gasteiger partial charge on any atom is 0.411 e. The van der Waals surface area contributed by atoms with Gasteiger partial charge in [-0.2, -0.15) is 13.2 Å². The molecule has 1 aromatic carbocycles. The Kier molecular flexibility index (Phi) is 3.71. The lowest BCUT2D eigenvalue weighted by Crippen LogP contribution is -2.20. The Morgan fingerprint density at radius 3 is 2.40 bits per heavy atom. The van der Waals surface area contributed by atoms with Crippen molar-refractivity contribution >= 4 is 17.8 Å². The summed E-state index contributed by atoms with van der Waals surface area (Å²) in [7, 11) is 1.36. The van der Waals surface area contributed by atoms with E-state index in [-0.39, 0.29) is 11.9 Å². The second kappa shape index (κ2) is 5.16. The molecule has 0 saturated heterocycles. The molecule has 1 heterocycles. The fraction of sp³-hybridized carbons (Fsp3) is 0.167. The van der Waals surface area contributed by atoms with Gasteiger partial charge in [-0.25, -0.2) is 14.0 Å². The standard InChI is InChI=1S/C12H9ClF3N3O/c1-18-11(20)19(7-6-12(14,15)16)10(17-18)8-2-4-9(13)5-3-8/h2-7H,1H3/b7-6+. The number of allylic oxidation sites excluding steroid dienone is 1. The minimum Gasteiger partial charge on any atom is -0.250 e. The maximum atomic E-state index is 12.2. The summed E-state index contributed by atoms with van der Waals surface area (Å²) in [5, 5.41) is 4.39. The van der Waals surface area contributed by atoms with Crippen LogP contribution in [0.5, 0.6) is 0 Å². The van der Waals surface area contributed by atoms with Crippen molar-refractivity contribution in [2.75, 3.05) is 0 Å². The van der Waals surface area contributed by atoms with Crippen LogP contribution in [-0.2, 0) is 7.05 Å². The van der Waals surface area contributed by atoms with E-state index in [1.165, 1.54) is 7.05 Å². The molecule has 0 N–H and O–H groups in total. The second-order valence-electron chi connectivity index (χ2n) is 3.96. The number of aromatic nitrogens is 3. The van der Waals surface area contributed by atoms with Gasteiger partial charge in [0.1, 0.15) is 0 Å². The van der Waals surface area contributed by atoms with Gasteiger partial charge in [-0.05, 0) is 24.3 Å². The highest BCUT2D eigenvalue weighted by molar-refractivity contribution is 6.30. The summed E-state index contributed by atoms with van der Waals surface area (Å²) >= 11 is 5.74. The number of hydrogen-bond acceptors (Lipinski definition) is 2. The van der Waals surface area contributed by atoms with E-state index in [0.29, 0.717) is 16.8 Å². The molecule has 8 heteroatoms. The van der Waals surface area contributed by atoms with Gasteiger partial charge in [0.2, 0.25) is 0 Å². The van der Waals surface area contributed by atoms with Gasteiger partial charge in [0, 0.05) is 29.9 Å². The molecule has 0 amide bonds. The molecule has 0 bridgehead atoms. The van der Waals surface area contributed by atoms with Crippen LogP contribution in [0.25, 0.3) is 17.6 Å². The number of alkyl halides is 3. The normalized spacial score (nSPS) is 12.2. The van der Waals surface area contributed by atoms with Crippen molar-refractivity contribution in [2.24, 2.45) is 7.05 Å². The summed E-state index contributed by atoms with van der Waals surface area (Å²) in [4.78, 5) is 11.8. The molecule has 1 aromatic heterocycles. The second-order valence-corrected chi connectivity index (χ2v) is 4.40. The molecule has 0 fully saturated rings. The van der Waals surface area contributed by atoms with Crippen LogP contribution in [0.15, 0.2) is 35.1 Å². The zero-order valence-corrected chi connectivity index (χ0v) is 11.0. The minimum atomic E-state index is -4.51. The van der Waals surface area contributed by atoms with Crippen molar-refractivity contribution in [3.63, 3.8) is 0 Å². The molecule has 2 aromatic rings. The maximum absolute atomic E-state index is 12.2. The Balaban J connectivity index is 2.54. The molecule has 0 radical (unpaired) electrons. The smallest absolute Gasteiger partial charge is 0.250 e. The molecule has 20 heavy (non-hydrogen) atoms. The average molecular weight is 304 g/mol. The van der Waals surface area contributed by atoms with Crippen LogP contribution in [0, 0.1) is 0 Å². The topological polar surface area (TPSA) is 39.8 Å². The lowest BCUT2D eigenvalue weighted by molar-refractivity contribution is -0.0792. The Labute approximate surface area is 116 Å². The van der Waals surface area contributed by atoms with Crippen molar-refractivity contribution in [2.45, 2.75) is 6.18 Å². The Morgan fingerprint density at radius 2 is 1.85 bits per heavy atom. The molecule has 0 unspecified atom stereocenters. The number of rotatable bonds is 2. The molecule has 0 aliphatic rings. The molecule has 0 aliphatic heterocycles. The Bertz CT molecular complexity index is 698. The van der Waals surface area contributed by atoms with E-state index in [1.807, 2.05) is 0 Å². The number of nitrogens with zero attached hydrogens (tertiary/aromatic N) is 3. The van der Waals surface area contributed by atoms with E-state index < -0.39 is 11.9 Å². The molecular weight excluding hydrogens is 295 g/mol. The van der Waals surface area contributed by atoms with E-state index in [1.54, 1.807) is 24.3 Å². The van der Waals surface area contributed by atoms with Crippen molar-refractivity contribution in [3.8, 4) is 11.4 Å². The lowest BCUT2D eigenvalue weighted by atomic mass is 10.2. The highest BCUT2D eigenvalue weighted by atomic mass is 35.5.